The second-order valence-electron chi connectivity index (χ2n) is 5.86. The van der Waals surface area contributed by atoms with Gasteiger partial charge in [-0.15, -0.1) is 0 Å². The highest BCUT2D eigenvalue weighted by atomic mass is 35.5. The molecule has 1 aliphatic heterocycles. The lowest BCUT2D eigenvalue weighted by molar-refractivity contribution is -0.116. The van der Waals surface area contributed by atoms with Crippen LogP contribution in [-0.2, 0) is 4.79 Å². The van der Waals surface area contributed by atoms with Crippen LogP contribution in [0.4, 0.5) is 11.4 Å². The molecule has 1 amide bonds. The zero-order valence-electron chi connectivity index (χ0n) is 12.3. The molecule has 110 valence electrons. The smallest absolute Gasteiger partial charge is 0.224 e. The Kier molecular flexibility index (Phi) is 5.30. The van der Waals surface area contributed by atoms with Gasteiger partial charge in [-0.3, -0.25) is 4.79 Å². The van der Waals surface area contributed by atoms with Crippen molar-refractivity contribution >= 4 is 28.9 Å². The SMILES string of the molecule is CC(C)CC(=O)Nc1cc(Cl)ccc1N1CCCCC1. The predicted octanol–water partition coefficient (Wildman–Crippen LogP) is 4.31. The van der Waals surface area contributed by atoms with Crippen LogP contribution in [0.25, 0.3) is 0 Å². The number of nitrogens with one attached hydrogen (secondary N) is 1. The van der Waals surface area contributed by atoms with Crippen molar-refractivity contribution in [2.75, 3.05) is 23.3 Å². The first-order chi connectivity index (χ1) is 9.56. The first-order valence-corrected chi connectivity index (χ1v) is 7.78. The fourth-order valence-corrected chi connectivity index (χ4v) is 2.76. The average molecular weight is 295 g/mol. The molecule has 0 aromatic heterocycles. The summed E-state index contributed by atoms with van der Waals surface area (Å²) in [6.07, 6.45) is 4.25. The van der Waals surface area contributed by atoms with Crippen molar-refractivity contribution in [3.63, 3.8) is 0 Å². The zero-order chi connectivity index (χ0) is 14.5. The fourth-order valence-electron chi connectivity index (χ4n) is 2.59. The average Bonchev–Trinajstić information content (AvgIpc) is 2.39. The van der Waals surface area contributed by atoms with Crippen LogP contribution in [0, 0.1) is 5.92 Å². The van der Waals surface area contributed by atoms with E-state index in [9.17, 15) is 4.79 Å². The summed E-state index contributed by atoms with van der Waals surface area (Å²) in [5.74, 6) is 0.410. The molecule has 1 heterocycles. The van der Waals surface area contributed by atoms with Crippen LogP contribution in [0.1, 0.15) is 39.5 Å². The lowest BCUT2D eigenvalue weighted by Gasteiger charge is -2.30. The number of carbonyl (C=O) groups excluding carboxylic acids is 1. The Morgan fingerprint density at radius 1 is 1.30 bits per heavy atom. The quantitative estimate of drug-likeness (QED) is 0.897. The normalized spacial score (nSPS) is 15.5. The van der Waals surface area contributed by atoms with E-state index in [2.05, 4.69) is 10.2 Å². The topological polar surface area (TPSA) is 32.3 Å². The Bertz CT molecular complexity index is 468. The van der Waals surface area contributed by atoms with E-state index in [-0.39, 0.29) is 5.91 Å². The Morgan fingerprint density at radius 2 is 2.00 bits per heavy atom. The summed E-state index contributed by atoms with van der Waals surface area (Å²) in [6, 6.07) is 5.76. The molecule has 4 heteroatoms. The van der Waals surface area contributed by atoms with Crippen molar-refractivity contribution in [2.45, 2.75) is 39.5 Å². The maximum absolute atomic E-state index is 12.0. The lowest BCUT2D eigenvalue weighted by Crippen LogP contribution is -2.30. The van der Waals surface area contributed by atoms with E-state index in [0.717, 1.165) is 24.5 Å². The van der Waals surface area contributed by atoms with Gasteiger partial charge in [0, 0.05) is 24.5 Å². The Hall–Kier alpha value is -1.22. The van der Waals surface area contributed by atoms with Crippen LogP contribution in [0.3, 0.4) is 0 Å². The molecule has 0 aliphatic carbocycles. The van der Waals surface area contributed by atoms with Gasteiger partial charge in [0.15, 0.2) is 0 Å². The zero-order valence-corrected chi connectivity index (χ0v) is 13.0. The second kappa shape index (κ2) is 6.98. The van der Waals surface area contributed by atoms with Crippen molar-refractivity contribution in [2.24, 2.45) is 5.92 Å². The molecule has 1 N–H and O–H groups in total. The number of piperidine rings is 1. The van der Waals surface area contributed by atoms with Crippen LogP contribution < -0.4 is 10.2 Å². The van der Waals surface area contributed by atoms with Gasteiger partial charge >= 0.3 is 0 Å². The third kappa shape index (κ3) is 4.14. The van der Waals surface area contributed by atoms with Crippen molar-refractivity contribution in [3.8, 4) is 0 Å². The van der Waals surface area contributed by atoms with Gasteiger partial charge in [-0.05, 0) is 43.4 Å². The molecular weight excluding hydrogens is 272 g/mol. The molecule has 3 nitrogen and oxygen atoms in total. The summed E-state index contributed by atoms with van der Waals surface area (Å²) < 4.78 is 0. The first kappa shape index (κ1) is 15.2. The number of amides is 1. The molecule has 2 rings (SSSR count). The minimum Gasteiger partial charge on any atom is -0.370 e. The van der Waals surface area contributed by atoms with Crippen LogP contribution in [0.15, 0.2) is 18.2 Å². The molecule has 0 spiro atoms. The van der Waals surface area contributed by atoms with Gasteiger partial charge in [-0.25, -0.2) is 0 Å². The highest BCUT2D eigenvalue weighted by Gasteiger charge is 2.16. The molecule has 0 unspecified atom stereocenters. The van der Waals surface area contributed by atoms with E-state index >= 15 is 0 Å². The van der Waals surface area contributed by atoms with Gasteiger partial charge in [0.2, 0.25) is 5.91 Å². The first-order valence-electron chi connectivity index (χ1n) is 7.40. The van der Waals surface area contributed by atoms with Crippen molar-refractivity contribution in [1.82, 2.24) is 0 Å². The molecule has 0 atom stereocenters. The van der Waals surface area contributed by atoms with Gasteiger partial charge < -0.3 is 10.2 Å². The molecule has 1 aromatic rings. The number of hydrogen-bond acceptors (Lipinski definition) is 2. The van der Waals surface area contributed by atoms with Crippen LogP contribution in [-0.4, -0.2) is 19.0 Å². The van der Waals surface area contributed by atoms with E-state index in [4.69, 9.17) is 11.6 Å². The summed E-state index contributed by atoms with van der Waals surface area (Å²) >= 11 is 6.08. The van der Waals surface area contributed by atoms with E-state index in [1.54, 1.807) is 0 Å². The number of hydrogen-bond donors (Lipinski definition) is 1. The maximum Gasteiger partial charge on any atom is 0.224 e. The summed E-state index contributed by atoms with van der Waals surface area (Å²) in [7, 11) is 0. The summed E-state index contributed by atoms with van der Waals surface area (Å²) in [5.41, 5.74) is 1.93. The van der Waals surface area contributed by atoms with Crippen LogP contribution in [0.5, 0.6) is 0 Å². The predicted molar refractivity (Wildman–Crippen MR) is 85.6 cm³/mol. The number of benzene rings is 1. The highest BCUT2D eigenvalue weighted by Crippen LogP contribution is 2.31. The molecule has 1 aliphatic rings. The van der Waals surface area contributed by atoms with Gasteiger partial charge in [0.25, 0.3) is 0 Å². The molecule has 1 saturated heterocycles. The van der Waals surface area contributed by atoms with Gasteiger partial charge in [-0.2, -0.15) is 0 Å². The number of rotatable bonds is 4. The van der Waals surface area contributed by atoms with E-state index in [1.165, 1.54) is 19.3 Å². The largest absolute Gasteiger partial charge is 0.370 e. The van der Waals surface area contributed by atoms with Gasteiger partial charge in [0.05, 0.1) is 11.4 Å². The Labute approximate surface area is 126 Å². The molecule has 0 saturated carbocycles. The highest BCUT2D eigenvalue weighted by molar-refractivity contribution is 6.31. The van der Waals surface area contributed by atoms with E-state index in [0.29, 0.717) is 17.4 Å². The standard InChI is InChI=1S/C16H23ClN2O/c1-12(2)10-16(20)18-14-11-13(17)6-7-15(14)19-8-4-3-5-9-19/h6-7,11-12H,3-5,8-10H2,1-2H3,(H,18,20). The van der Waals surface area contributed by atoms with Crippen LogP contribution in [0.2, 0.25) is 5.02 Å². The lowest BCUT2D eigenvalue weighted by atomic mass is 10.1. The monoisotopic (exact) mass is 294 g/mol. The summed E-state index contributed by atoms with van der Waals surface area (Å²) in [5, 5.41) is 3.67. The minimum absolute atomic E-state index is 0.0560. The molecule has 20 heavy (non-hydrogen) atoms. The second-order valence-corrected chi connectivity index (χ2v) is 6.29. The molecular formula is C16H23ClN2O. The van der Waals surface area contributed by atoms with Crippen molar-refractivity contribution < 1.29 is 4.79 Å². The van der Waals surface area contributed by atoms with Gasteiger partial charge in [0.1, 0.15) is 0 Å². The fraction of sp³-hybridized carbons (Fsp3) is 0.562. The minimum atomic E-state index is 0.0560. The molecule has 1 fully saturated rings. The molecule has 0 radical (unpaired) electrons. The number of nitrogens with zero attached hydrogens (tertiary/aromatic N) is 1. The number of carbonyl (C=O) groups is 1. The molecule has 1 aromatic carbocycles. The maximum atomic E-state index is 12.0. The van der Waals surface area contributed by atoms with Gasteiger partial charge in [-0.1, -0.05) is 25.4 Å². The molecule has 0 bridgehead atoms. The number of halogens is 1. The third-order valence-electron chi connectivity index (χ3n) is 3.52. The summed E-state index contributed by atoms with van der Waals surface area (Å²) in [6.45, 7) is 6.19. The van der Waals surface area contributed by atoms with E-state index < -0.39 is 0 Å². The van der Waals surface area contributed by atoms with Crippen molar-refractivity contribution in [3.05, 3.63) is 23.2 Å². The third-order valence-corrected chi connectivity index (χ3v) is 3.76. The number of anilines is 2. The van der Waals surface area contributed by atoms with E-state index in [1.807, 2.05) is 32.0 Å². The summed E-state index contributed by atoms with van der Waals surface area (Å²) in [4.78, 5) is 14.3. The van der Waals surface area contributed by atoms with Crippen molar-refractivity contribution in [1.29, 1.82) is 0 Å². The Balaban J connectivity index is 2.16. The van der Waals surface area contributed by atoms with Crippen LogP contribution >= 0.6 is 11.6 Å². The Morgan fingerprint density at radius 3 is 2.65 bits per heavy atom.